The Balaban J connectivity index is 0.00000341. The zero-order valence-corrected chi connectivity index (χ0v) is 18.9. The van der Waals surface area contributed by atoms with Gasteiger partial charge in [0.2, 0.25) is 10.0 Å². The van der Waals surface area contributed by atoms with Gasteiger partial charge in [-0.3, -0.25) is 10.0 Å². The van der Waals surface area contributed by atoms with Crippen molar-refractivity contribution in [2.45, 2.75) is 24.3 Å². The molecule has 1 saturated heterocycles. The number of hydroxylamine groups is 1. The topological polar surface area (TPSA) is 108 Å². The standard InChI is InChI=1S/C21H27N3O5S.ClH/c1-29-18-7-9-19(10-8-18)30(27,28)24(15-17-5-3-2-4-6-17)16-21(20(25)23-26)11-13-22-14-12-21;/h2-10,22,26H,11-16H2,1H3,(H,23,25);1H. The Bertz CT molecular complexity index is 949. The van der Waals surface area contributed by atoms with Crippen LogP contribution in [0.4, 0.5) is 0 Å². The van der Waals surface area contributed by atoms with E-state index in [0.717, 1.165) is 5.56 Å². The summed E-state index contributed by atoms with van der Waals surface area (Å²) in [4.78, 5) is 12.7. The van der Waals surface area contributed by atoms with E-state index in [2.05, 4.69) is 5.32 Å². The number of methoxy groups -OCH3 is 1. The lowest BCUT2D eigenvalue weighted by molar-refractivity contribution is -0.142. The van der Waals surface area contributed by atoms with Crippen molar-refractivity contribution in [1.82, 2.24) is 15.1 Å². The van der Waals surface area contributed by atoms with Crippen molar-refractivity contribution >= 4 is 28.3 Å². The fraction of sp³-hybridized carbons (Fsp3) is 0.381. The Hall–Kier alpha value is -2.17. The molecule has 2 aromatic rings. The van der Waals surface area contributed by atoms with Gasteiger partial charge in [-0.15, -0.1) is 12.4 Å². The summed E-state index contributed by atoms with van der Waals surface area (Å²) >= 11 is 0. The predicted octanol–water partition coefficient (Wildman–Crippen LogP) is 2.18. The number of carbonyl (C=O) groups excluding carboxylic acids is 1. The molecule has 1 fully saturated rings. The molecule has 0 radical (unpaired) electrons. The van der Waals surface area contributed by atoms with Gasteiger partial charge in [-0.05, 0) is 55.8 Å². The maximum atomic E-state index is 13.5. The number of rotatable bonds is 8. The van der Waals surface area contributed by atoms with Crippen molar-refractivity contribution in [1.29, 1.82) is 0 Å². The third kappa shape index (κ3) is 5.75. The summed E-state index contributed by atoms with van der Waals surface area (Å²) in [6.07, 6.45) is 0.839. The summed E-state index contributed by atoms with van der Waals surface area (Å²) in [6.45, 7) is 1.21. The molecular weight excluding hydrogens is 442 g/mol. The number of amides is 1. The van der Waals surface area contributed by atoms with E-state index in [1.54, 1.807) is 17.6 Å². The second kappa shape index (κ2) is 10.9. The van der Waals surface area contributed by atoms with Gasteiger partial charge in [0.15, 0.2) is 0 Å². The van der Waals surface area contributed by atoms with Crippen LogP contribution in [-0.2, 0) is 21.4 Å². The molecule has 1 heterocycles. The quantitative estimate of drug-likeness (QED) is 0.404. The minimum atomic E-state index is -3.91. The average molecular weight is 470 g/mol. The summed E-state index contributed by atoms with van der Waals surface area (Å²) in [5, 5.41) is 12.5. The van der Waals surface area contributed by atoms with E-state index >= 15 is 0 Å². The molecule has 2 aromatic carbocycles. The van der Waals surface area contributed by atoms with Crippen molar-refractivity contribution in [3.8, 4) is 5.75 Å². The average Bonchev–Trinajstić information content (AvgIpc) is 2.79. The molecular formula is C21H28ClN3O5S. The van der Waals surface area contributed by atoms with Gasteiger partial charge in [0, 0.05) is 13.1 Å². The first-order valence-electron chi connectivity index (χ1n) is 9.75. The van der Waals surface area contributed by atoms with Crippen molar-refractivity contribution in [3.05, 3.63) is 60.2 Å². The first kappa shape index (κ1) is 25.1. The predicted molar refractivity (Wildman–Crippen MR) is 119 cm³/mol. The molecule has 0 saturated carbocycles. The van der Waals surface area contributed by atoms with E-state index in [4.69, 9.17) is 4.74 Å². The smallest absolute Gasteiger partial charge is 0.250 e. The summed E-state index contributed by atoms with van der Waals surface area (Å²) in [5.74, 6) is -0.00923. The number of piperidine rings is 1. The molecule has 1 amide bonds. The van der Waals surface area contributed by atoms with Gasteiger partial charge < -0.3 is 10.1 Å². The van der Waals surface area contributed by atoms with Gasteiger partial charge in [0.05, 0.1) is 17.4 Å². The highest BCUT2D eigenvalue weighted by Gasteiger charge is 2.43. The lowest BCUT2D eigenvalue weighted by Gasteiger charge is -2.39. The SMILES string of the molecule is COc1ccc(S(=O)(=O)N(Cc2ccccc2)CC2(C(=O)NO)CCNCC2)cc1.Cl. The van der Waals surface area contributed by atoms with Crippen LogP contribution in [-0.4, -0.2) is 50.6 Å². The lowest BCUT2D eigenvalue weighted by Crippen LogP contribution is -2.53. The number of hydrogen-bond acceptors (Lipinski definition) is 6. The van der Waals surface area contributed by atoms with Gasteiger partial charge in [-0.25, -0.2) is 13.9 Å². The van der Waals surface area contributed by atoms with Crippen molar-refractivity contribution in [2.24, 2.45) is 5.41 Å². The van der Waals surface area contributed by atoms with E-state index in [-0.39, 0.29) is 30.4 Å². The van der Waals surface area contributed by atoms with Crippen LogP contribution in [0.25, 0.3) is 0 Å². The van der Waals surface area contributed by atoms with Crippen LogP contribution in [0.5, 0.6) is 5.75 Å². The first-order chi connectivity index (χ1) is 14.4. The number of sulfonamides is 1. The summed E-state index contributed by atoms with van der Waals surface area (Å²) in [5.41, 5.74) is 1.54. The molecule has 0 aromatic heterocycles. The van der Waals surface area contributed by atoms with E-state index in [1.807, 2.05) is 30.3 Å². The van der Waals surface area contributed by atoms with Gasteiger partial charge >= 0.3 is 0 Å². The van der Waals surface area contributed by atoms with Crippen LogP contribution in [0.2, 0.25) is 0 Å². The van der Waals surface area contributed by atoms with Gasteiger partial charge in [-0.2, -0.15) is 4.31 Å². The second-order valence-corrected chi connectivity index (χ2v) is 9.34. The molecule has 0 atom stereocenters. The zero-order valence-electron chi connectivity index (χ0n) is 17.3. The summed E-state index contributed by atoms with van der Waals surface area (Å²) in [7, 11) is -2.39. The Morgan fingerprint density at radius 2 is 1.74 bits per heavy atom. The largest absolute Gasteiger partial charge is 0.497 e. The fourth-order valence-electron chi connectivity index (χ4n) is 3.73. The summed E-state index contributed by atoms with van der Waals surface area (Å²) in [6, 6.07) is 15.4. The minimum absolute atomic E-state index is 0. The molecule has 31 heavy (non-hydrogen) atoms. The Kier molecular flexibility index (Phi) is 8.84. The Labute approximate surface area is 189 Å². The molecule has 10 heteroatoms. The van der Waals surface area contributed by atoms with Crippen molar-refractivity contribution in [2.75, 3.05) is 26.7 Å². The maximum absolute atomic E-state index is 13.5. The molecule has 0 aliphatic carbocycles. The Morgan fingerprint density at radius 1 is 1.13 bits per heavy atom. The highest BCUT2D eigenvalue weighted by atomic mass is 35.5. The normalized spacial score (nSPS) is 15.7. The Morgan fingerprint density at radius 3 is 2.29 bits per heavy atom. The second-order valence-electron chi connectivity index (χ2n) is 7.41. The van der Waals surface area contributed by atoms with Crippen LogP contribution < -0.4 is 15.5 Å². The maximum Gasteiger partial charge on any atom is 0.250 e. The molecule has 0 spiro atoms. The van der Waals surface area contributed by atoms with Gasteiger partial charge in [0.1, 0.15) is 5.75 Å². The van der Waals surface area contributed by atoms with Crippen molar-refractivity contribution in [3.63, 3.8) is 0 Å². The van der Waals surface area contributed by atoms with Crippen LogP contribution in [0.15, 0.2) is 59.5 Å². The number of hydrogen-bond donors (Lipinski definition) is 3. The first-order valence-corrected chi connectivity index (χ1v) is 11.2. The van der Waals surface area contributed by atoms with E-state index in [1.165, 1.54) is 23.5 Å². The van der Waals surface area contributed by atoms with E-state index < -0.39 is 21.3 Å². The van der Waals surface area contributed by atoms with Crippen LogP contribution >= 0.6 is 12.4 Å². The molecule has 3 rings (SSSR count). The minimum Gasteiger partial charge on any atom is -0.497 e. The molecule has 1 aliphatic rings. The number of nitrogens with zero attached hydrogens (tertiary/aromatic N) is 1. The zero-order chi connectivity index (χ0) is 21.6. The molecule has 8 nitrogen and oxygen atoms in total. The molecule has 3 N–H and O–H groups in total. The van der Waals surface area contributed by atoms with Crippen molar-refractivity contribution < 1.29 is 23.2 Å². The number of benzene rings is 2. The third-order valence-electron chi connectivity index (χ3n) is 5.52. The van der Waals surface area contributed by atoms with Gasteiger partial charge in [0.25, 0.3) is 5.91 Å². The monoisotopic (exact) mass is 469 g/mol. The van der Waals surface area contributed by atoms with Crippen LogP contribution in [0.3, 0.4) is 0 Å². The number of halogens is 1. The molecule has 0 unspecified atom stereocenters. The lowest BCUT2D eigenvalue weighted by atomic mass is 9.78. The van der Waals surface area contributed by atoms with E-state index in [9.17, 15) is 18.4 Å². The van der Waals surface area contributed by atoms with Crippen LogP contribution in [0, 0.1) is 5.41 Å². The van der Waals surface area contributed by atoms with Gasteiger partial charge in [-0.1, -0.05) is 30.3 Å². The highest BCUT2D eigenvalue weighted by molar-refractivity contribution is 7.89. The number of ether oxygens (including phenoxy) is 1. The fourth-order valence-corrected chi connectivity index (χ4v) is 5.24. The molecule has 1 aliphatic heterocycles. The summed E-state index contributed by atoms with van der Waals surface area (Å²) < 4.78 is 33.5. The molecule has 0 bridgehead atoms. The van der Waals surface area contributed by atoms with Crippen LogP contribution in [0.1, 0.15) is 18.4 Å². The molecule has 170 valence electrons. The van der Waals surface area contributed by atoms with E-state index in [0.29, 0.717) is 31.7 Å². The highest BCUT2D eigenvalue weighted by Crippen LogP contribution is 2.33. The third-order valence-corrected chi connectivity index (χ3v) is 7.33. The number of carbonyl (C=O) groups is 1. The number of nitrogens with one attached hydrogen (secondary N) is 2.